The van der Waals surface area contributed by atoms with Gasteiger partial charge in [-0.25, -0.2) is 4.79 Å². The van der Waals surface area contributed by atoms with E-state index in [0.717, 1.165) is 12.7 Å². The van der Waals surface area contributed by atoms with Gasteiger partial charge in [0.15, 0.2) is 0 Å². The van der Waals surface area contributed by atoms with Crippen molar-refractivity contribution >= 4 is 29.1 Å². The number of alkyl halides is 1. The summed E-state index contributed by atoms with van der Waals surface area (Å²) in [5, 5.41) is 3.47. The van der Waals surface area contributed by atoms with E-state index in [2.05, 4.69) is 9.89 Å². The monoisotopic (exact) mass is 269 g/mol. The molecule has 0 aliphatic rings. The van der Waals surface area contributed by atoms with Crippen LogP contribution in [0.15, 0.2) is 35.5 Å². The highest BCUT2D eigenvalue weighted by Gasteiger charge is 2.21. The third kappa shape index (κ3) is 4.18. The molecule has 1 aromatic rings. The minimum absolute atomic E-state index is 0.150. The molecular weight excluding hydrogens is 258 g/mol. The first-order valence-electron chi connectivity index (χ1n) is 5.10. The molecule has 0 aliphatic carbocycles. The second kappa shape index (κ2) is 7.45. The van der Waals surface area contributed by atoms with Crippen LogP contribution in [0.2, 0.25) is 0 Å². The number of hydrogen-bond acceptors (Lipinski definition) is 5. The van der Waals surface area contributed by atoms with Crippen molar-refractivity contribution < 1.29 is 19.2 Å². The first kappa shape index (κ1) is 14.2. The number of rotatable bonds is 6. The zero-order valence-electron chi connectivity index (χ0n) is 9.76. The summed E-state index contributed by atoms with van der Waals surface area (Å²) in [4.78, 5) is 27.5. The van der Waals surface area contributed by atoms with Crippen LogP contribution in [-0.4, -0.2) is 30.5 Å². The Kier molecular flexibility index (Phi) is 5.87. The average Bonchev–Trinajstić information content (AvgIpc) is 2.43. The van der Waals surface area contributed by atoms with Gasteiger partial charge in [0.25, 0.3) is 0 Å². The minimum Gasteiger partial charge on any atom is -0.464 e. The molecule has 0 saturated carbocycles. The Bertz CT molecular complexity index is 427. The maximum Gasteiger partial charge on any atom is 0.363 e. The molecule has 1 aromatic carbocycles. The molecule has 0 unspecified atom stereocenters. The molecule has 0 atom stereocenters. The van der Waals surface area contributed by atoms with Crippen molar-refractivity contribution in [2.75, 3.05) is 13.0 Å². The van der Waals surface area contributed by atoms with Crippen molar-refractivity contribution in [1.29, 1.82) is 0 Å². The number of methoxy groups -OCH3 is 1. The molecule has 0 spiro atoms. The van der Waals surface area contributed by atoms with Gasteiger partial charge >= 0.3 is 5.97 Å². The van der Waals surface area contributed by atoms with Gasteiger partial charge in [0, 0.05) is 0 Å². The van der Waals surface area contributed by atoms with Gasteiger partial charge in [-0.3, -0.25) is 4.79 Å². The molecule has 0 aromatic heterocycles. The van der Waals surface area contributed by atoms with E-state index in [4.69, 9.17) is 16.4 Å². The number of halogens is 1. The first-order valence-corrected chi connectivity index (χ1v) is 5.64. The lowest BCUT2D eigenvalue weighted by Crippen LogP contribution is -2.26. The summed E-state index contributed by atoms with van der Waals surface area (Å²) in [6, 6.07) is 9.21. The predicted octanol–water partition coefficient (Wildman–Crippen LogP) is 1.54. The Morgan fingerprint density at radius 2 is 1.94 bits per heavy atom. The molecule has 96 valence electrons. The molecule has 18 heavy (non-hydrogen) atoms. The van der Waals surface area contributed by atoms with Crippen molar-refractivity contribution in [3.63, 3.8) is 0 Å². The van der Waals surface area contributed by atoms with Crippen molar-refractivity contribution in [2.24, 2.45) is 5.16 Å². The highest BCUT2D eigenvalue weighted by atomic mass is 35.5. The minimum atomic E-state index is -0.867. The molecule has 0 bridgehead atoms. The number of carbonyl (C=O) groups excluding carboxylic acids is 2. The summed E-state index contributed by atoms with van der Waals surface area (Å²) in [7, 11) is 1.15. The topological polar surface area (TPSA) is 65.0 Å². The standard InChI is InChI=1S/C12H12ClNO4/c1-17-12(16)11(10(15)7-13)14-18-8-9-5-3-2-4-6-9/h2-6H,7-8H2,1H3/b14-11-. The van der Waals surface area contributed by atoms with Crippen LogP contribution < -0.4 is 0 Å². The van der Waals surface area contributed by atoms with E-state index in [1.165, 1.54) is 0 Å². The van der Waals surface area contributed by atoms with Gasteiger partial charge in [0.2, 0.25) is 11.5 Å². The lowest BCUT2D eigenvalue weighted by atomic mass is 10.2. The first-order chi connectivity index (χ1) is 8.69. The van der Waals surface area contributed by atoms with Crippen LogP contribution in [0.5, 0.6) is 0 Å². The zero-order chi connectivity index (χ0) is 13.4. The summed E-state index contributed by atoms with van der Waals surface area (Å²) in [6.07, 6.45) is 0. The van der Waals surface area contributed by atoms with Gasteiger partial charge in [-0.2, -0.15) is 0 Å². The predicted molar refractivity (Wildman–Crippen MR) is 66.4 cm³/mol. The Hall–Kier alpha value is -1.88. The molecule has 0 saturated heterocycles. The number of nitrogens with zero attached hydrogens (tertiary/aromatic N) is 1. The number of carbonyl (C=O) groups is 2. The van der Waals surface area contributed by atoms with E-state index in [9.17, 15) is 9.59 Å². The van der Waals surface area contributed by atoms with Crippen molar-refractivity contribution in [2.45, 2.75) is 6.61 Å². The molecule has 5 nitrogen and oxygen atoms in total. The van der Waals surface area contributed by atoms with Gasteiger partial charge in [0.1, 0.15) is 6.61 Å². The van der Waals surface area contributed by atoms with Crippen LogP contribution in [0.4, 0.5) is 0 Å². The van der Waals surface area contributed by atoms with Crippen LogP contribution in [0.25, 0.3) is 0 Å². The maximum absolute atomic E-state index is 11.3. The van der Waals surface area contributed by atoms with Crippen LogP contribution in [0, 0.1) is 0 Å². The Balaban J connectivity index is 2.66. The Labute approximate surface area is 109 Å². The number of Topliss-reactive ketones (excluding diaryl/α,β-unsaturated/α-hetero) is 1. The van der Waals surface area contributed by atoms with Gasteiger partial charge < -0.3 is 9.57 Å². The highest BCUT2D eigenvalue weighted by molar-refractivity contribution is 6.67. The van der Waals surface area contributed by atoms with Gasteiger partial charge in [-0.1, -0.05) is 35.5 Å². The smallest absolute Gasteiger partial charge is 0.363 e. The molecule has 0 N–H and O–H groups in total. The normalized spacial score (nSPS) is 10.9. The van der Waals surface area contributed by atoms with Crippen molar-refractivity contribution in [1.82, 2.24) is 0 Å². The van der Waals surface area contributed by atoms with Crippen molar-refractivity contribution in [3.8, 4) is 0 Å². The van der Waals surface area contributed by atoms with Crippen LogP contribution in [0.3, 0.4) is 0 Å². The largest absolute Gasteiger partial charge is 0.464 e. The third-order valence-corrected chi connectivity index (χ3v) is 2.24. The van der Waals surface area contributed by atoms with Crippen LogP contribution >= 0.6 is 11.6 Å². The summed E-state index contributed by atoms with van der Waals surface area (Å²) in [5.41, 5.74) is 0.423. The summed E-state index contributed by atoms with van der Waals surface area (Å²) < 4.78 is 4.41. The molecule has 0 heterocycles. The SMILES string of the molecule is COC(=O)/C(=N\OCc1ccccc1)C(=O)CCl. The van der Waals surface area contributed by atoms with E-state index in [0.29, 0.717) is 0 Å². The molecule has 0 fully saturated rings. The summed E-state index contributed by atoms with van der Waals surface area (Å²) in [5.74, 6) is -1.87. The number of benzene rings is 1. The zero-order valence-corrected chi connectivity index (χ0v) is 10.5. The lowest BCUT2D eigenvalue weighted by Gasteiger charge is -2.02. The number of esters is 1. The van der Waals surface area contributed by atoms with E-state index in [-0.39, 0.29) is 12.5 Å². The fourth-order valence-electron chi connectivity index (χ4n) is 1.11. The van der Waals surface area contributed by atoms with E-state index < -0.39 is 17.5 Å². The van der Waals surface area contributed by atoms with E-state index in [1.807, 2.05) is 30.3 Å². The Morgan fingerprint density at radius 1 is 1.28 bits per heavy atom. The van der Waals surface area contributed by atoms with Gasteiger partial charge in [-0.05, 0) is 5.56 Å². The van der Waals surface area contributed by atoms with Crippen LogP contribution in [0.1, 0.15) is 5.56 Å². The maximum atomic E-state index is 11.3. The summed E-state index contributed by atoms with van der Waals surface area (Å²) >= 11 is 5.35. The third-order valence-electron chi connectivity index (χ3n) is 1.99. The number of ether oxygens (including phenoxy) is 1. The summed E-state index contributed by atoms with van der Waals surface area (Å²) in [6.45, 7) is 0.150. The molecule has 0 amide bonds. The van der Waals surface area contributed by atoms with E-state index >= 15 is 0 Å². The molecular formula is C12H12ClNO4. The molecule has 6 heteroatoms. The van der Waals surface area contributed by atoms with Crippen molar-refractivity contribution in [3.05, 3.63) is 35.9 Å². The second-order valence-corrected chi connectivity index (χ2v) is 3.51. The quantitative estimate of drug-likeness (QED) is 0.258. The average molecular weight is 270 g/mol. The number of ketones is 1. The lowest BCUT2D eigenvalue weighted by molar-refractivity contribution is -0.133. The fraction of sp³-hybridized carbons (Fsp3) is 0.250. The highest BCUT2D eigenvalue weighted by Crippen LogP contribution is 2.01. The molecule has 1 rings (SSSR count). The fourth-order valence-corrected chi connectivity index (χ4v) is 1.23. The van der Waals surface area contributed by atoms with Crippen LogP contribution in [-0.2, 0) is 25.8 Å². The van der Waals surface area contributed by atoms with Gasteiger partial charge in [0.05, 0.1) is 13.0 Å². The van der Waals surface area contributed by atoms with E-state index in [1.54, 1.807) is 0 Å². The molecule has 0 radical (unpaired) electrons. The molecule has 0 aliphatic heterocycles. The second-order valence-electron chi connectivity index (χ2n) is 3.25. The Morgan fingerprint density at radius 3 is 2.50 bits per heavy atom. The van der Waals surface area contributed by atoms with Gasteiger partial charge in [-0.15, -0.1) is 11.6 Å². The number of hydrogen-bond donors (Lipinski definition) is 0. The number of oxime groups is 1.